The summed E-state index contributed by atoms with van der Waals surface area (Å²) < 4.78 is 5.66. The van der Waals surface area contributed by atoms with Gasteiger partial charge in [-0.2, -0.15) is 5.10 Å². The maximum atomic E-state index is 6.04. The molecule has 5 heteroatoms. The SMILES string of the molecule is Cc1n[nH]c(C)c1CCCCOc1cc(Cl)ccc1Cl. The number of hydrogen-bond acceptors (Lipinski definition) is 2. The molecule has 0 aliphatic heterocycles. The smallest absolute Gasteiger partial charge is 0.139 e. The van der Waals surface area contributed by atoms with Crippen molar-refractivity contribution in [1.29, 1.82) is 0 Å². The summed E-state index contributed by atoms with van der Waals surface area (Å²) in [7, 11) is 0. The van der Waals surface area contributed by atoms with Crippen LogP contribution in [0.1, 0.15) is 29.8 Å². The first-order valence-corrected chi connectivity index (χ1v) is 7.42. The summed E-state index contributed by atoms with van der Waals surface area (Å²) in [4.78, 5) is 0. The van der Waals surface area contributed by atoms with E-state index in [0.717, 1.165) is 30.7 Å². The van der Waals surface area contributed by atoms with Crippen LogP contribution in [0, 0.1) is 13.8 Å². The number of rotatable bonds is 6. The number of ether oxygens (including phenoxy) is 1. The van der Waals surface area contributed by atoms with Gasteiger partial charge in [0.15, 0.2) is 0 Å². The second kappa shape index (κ2) is 7.00. The molecule has 0 bridgehead atoms. The second-order valence-electron chi connectivity index (χ2n) is 4.79. The van der Waals surface area contributed by atoms with Crippen LogP contribution in [0.4, 0.5) is 0 Å². The normalized spacial score (nSPS) is 10.8. The zero-order valence-electron chi connectivity index (χ0n) is 11.7. The van der Waals surface area contributed by atoms with Crippen LogP contribution < -0.4 is 4.74 Å². The Morgan fingerprint density at radius 2 is 2.00 bits per heavy atom. The van der Waals surface area contributed by atoms with Crippen LogP contribution in [-0.4, -0.2) is 16.8 Å². The van der Waals surface area contributed by atoms with Gasteiger partial charge in [0, 0.05) is 16.8 Å². The molecule has 2 aromatic rings. The van der Waals surface area contributed by atoms with Gasteiger partial charge < -0.3 is 4.74 Å². The molecule has 0 aliphatic rings. The monoisotopic (exact) mass is 312 g/mol. The summed E-state index contributed by atoms with van der Waals surface area (Å²) in [6.07, 6.45) is 3.03. The molecule has 0 fully saturated rings. The third kappa shape index (κ3) is 3.90. The molecule has 0 saturated heterocycles. The van der Waals surface area contributed by atoms with Crippen molar-refractivity contribution in [1.82, 2.24) is 10.2 Å². The topological polar surface area (TPSA) is 37.9 Å². The molecule has 0 saturated carbocycles. The fourth-order valence-electron chi connectivity index (χ4n) is 2.12. The number of nitrogens with one attached hydrogen (secondary N) is 1. The number of nitrogens with zero attached hydrogens (tertiary/aromatic N) is 1. The largest absolute Gasteiger partial charge is 0.492 e. The Hall–Kier alpha value is -1.19. The van der Waals surface area contributed by atoms with Crippen LogP contribution in [0.15, 0.2) is 18.2 Å². The van der Waals surface area contributed by atoms with Gasteiger partial charge in [0.1, 0.15) is 5.75 Å². The summed E-state index contributed by atoms with van der Waals surface area (Å²) in [6.45, 7) is 4.72. The Morgan fingerprint density at radius 1 is 1.20 bits per heavy atom. The van der Waals surface area contributed by atoms with Gasteiger partial charge in [-0.1, -0.05) is 23.2 Å². The van der Waals surface area contributed by atoms with Crippen LogP contribution in [0.2, 0.25) is 10.0 Å². The van der Waals surface area contributed by atoms with Crippen molar-refractivity contribution in [2.24, 2.45) is 0 Å². The molecule has 3 nitrogen and oxygen atoms in total. The van der Waals surface area contributed by atoms with Gasteiger partial charge in [0.05, 0.1) is 17.3 Å². The van der Waals surface area contributed by atoms with Crippen molar-refractivity contribution in [3.05, 3.63) is 45.2 Å². The van der Waals surface area contributed by atoms with Crippen LogP contribution >= 0.6 is 23.2 Å². The lowest BCUT2D eigenvalue weighted by molar-refractivity contribution is 0.307. The van der Waals surface area contributed by atoms with E-state index in [9.17, 15) is 0 Å². The molecule has 0 aliphatic carbocycles. The highest BCUT2D eigenvalue weighted by Gasteiger charge is 2.06. The lowest BCUT2D eigenvalue weighted by Gasteiger charge is -2.08. The van der Waals surface area contributed by atoms with Crippen LogP contribution in [0.3, 0.4) is 0 Å². The molecule has 1 N–H and O–H groups in total. The molecule has 0 amide bonds. The number of unbranched alkanes of at least 4 members (excludes halogenated alkanes) is 1. The van der Waals surface area contributed by atoms with E-state index >= 15 is 0 Å². The first-order valence-electron chi connectivity index (χ1n) is 6.66. The maximum absolute atomic E-state index is 6.04. The Kier molecular flexibility index (Phi) is 5.32. The number of halogens is 2. The highest BCUT2D eigenvalue weighted by molar-refractivity contribution is 6.34. The van der Waals surface area contributed by atoms with E-state index in [4.69, 9.17) is 27.9 Å². The minimum atomic E-state index is 0.593. The second-order valence-corrected chi connectivity index (χ2v) is 5.64. The Labute approximate surface area is 129 Å². The van der Waals surface area contributed by atoms with Crippen molar-refractivity contribution in [3.8, 4) is 5.75 Å². The van der Waals surface area contributed by atoms with Crippen LogP contribution in [0.5, 0.6) is 5.75 Å². The van der Waals surface area contributed by atoms with Gasteiger partial charge in [0.2, 0.25) is 0 Å². The van der Waals surface area contributed by atoms with E-state index in [-0.39, 0.29) is 0 Å². The van der Waals surface area contributed by atoms with E-state index in [0.29, 0.717) is 22.4 Å². The maximum Gasteiger partial charge on any atom is 0.139 e. The number of aryl methyl sites for hydroxylation is 2. The van der Waals surface area contributed by atoms with Crippen molar-refractivity contribution >= 4 is 23.2 Å². The Balaban J connectivity index is 1.76. The molecule has 1 aromatic heterocycles. The summed E-state index contributed by atoms with van der Waals surface area (Å²) in [5, 5.41) is 8.43. The van der Waals surface area contributed by atoms with Gasteiger partial charge in [-0.25, -0.2) is 0 Å². The number of hydrogen-bond donors (Lipinski definition) is 1. The van der Waals surface area contributed by atoms with Crippen molar-refractivity contribution in [2.45, 2.75) is 33.1 Å². The van der Waals surface area contributed by atoms with Crippen LogP contribution in [0.25, 0.3) is 0 Å². The average molecular weight is 313 g/mol. The van der Waals surface area contributed by atoms with E-state index in [1.54, 1.807) is 18.2 Å². The third-order valence-electron chi connectivity index (χ3n) is 3.25. The fourth-order valence-corrected chi connectivity index (χ4v) is 2.45. The number of benzene rings is 1. The van der Waals surface area contributed by atoms with Crippen molar-refractivity contribution in [2.75, 3.05) is 6.61 Å². The number of H-pyrrole nitrogens is 1. The molecule has 2 rings (SSSR count). The standard InChI is InChI=1S/C15H18Cl2N2O/c1-10-13(11(2)19-18-10)5-3-4-8-20-15-9-12(16)6-7-14(15)17/h6-7,9H,3-5,8H2,1-2H3,(H,18,19). The lowest BCUT2D eigenvalue weighted by Crippen LogP contribution is -1.99. The molecule has 0 unspecified atom stereocenters. The van der Waals surface area contributed by atoms with Gasteiger partial charge in [0.25, 0.3) is 0 Å². The highest BCUT2D eigenvalue weighted by Crippen LogP contribution is 2.27. The van der Waals surface area contributed by atoms with E-state index in [1.807, 2.05) is 6.92 Å². The van der Waals surface area contributed by atoms with Crippen LogP contribution in [-0.2, 0) is 6.42 Å². The quantitative estimate of drug-likeness (QED) is 0.783. The van der Waals surface area contributed by atoms with Crippen molar-refractivity contribution < 1.29 is 4.74 Å². The highest BCUT2D eigenvalue weighted by atomic mass is 35.5. The number of aromatic nitrogens is 2. The molecule has 1 heterocycles. The predicted molar refractivity (Wildman–Crippen MR) is 83.0 cm³/mol. The molecule has 0 radical (unpaired) electrons. The molecule has 1 aromatic carbocycles. The first kappa shape index (κ1) is 15.2. The molecule has 20 heavy (non-hydrogen) atoms. The van der Waals surface area contributed by atoms with Gasteiger partial charge >= 0.3 is 0 Å². The summed E-state index contributed by atoms with van der Waals surface area (Å²) in [6, 6.07) is 5.24. The third-order valence-corrected chi connectivity index (χ3v) is 3.80. The van der Waals surface area contributed by atoms with E-state index < -0.39 is 0 Å². The zero-order chi connectivity index (χ0) is 14.5. The Morgan fingerprint density at radius 3 is 2.70 bits per heavy atom. The predicted octanol–water partition coefficient (Wildman–Crippen LogP) is 4.74. The minimum absolute atomic E-state index is 0.593. The molecule has 0 spiro atoms. The minimum Gasteiger partial charge on any atom is -0.492 e. The fraction of sp³-hybridized carbons (Fsp3) is 0.400. The molecular weight excluding hydrogens is 295 g/mol. The zero-order valence-corrected chi connectivity index (χ0v) is 13.2. The lowest BCUT2D eigenvalue weighted by atomic mass is 10.1. The molecule has 108 valence electrons. The summed E-state index contributed by atoms with van der Waals surface area (Å²) >= 11 is 11.9. The summed E-state index contributed by atoms with van der Waals surface area (Å²) in [5.74, 6) is 0.648. The van der Waals surface area contributed by atoms with E-state index in [2.05, 4.69) is 17.1 Å². The van der Waals surface area contributed by atoms with Gasteiger partial charge in [-0.3, -0.25) is 5.10 Å². The van der Waals surface area contributed by atoms with Gasteiger partial charge in [-0.15, -0.1) is 0 Å². The Bertz CT molecular complexity index is 562. The molecule has 0 atom stereocenters. The van der Waals surface area contributed by atoms with Crippen molar-refractivity contribution in [3.63, 3.8) is 0 Å². The molecular formula is C15H18Cl2N2O. The van der Waals surface area contributed by atoms with Gasteiger partial charge in [-0.05, 0) is 50.8 Å². The summed E-state index contributed by atoms with van der Waals surface area (Å²) in [5.41, 5.74) is 3.55. The van der Waals surface area contributed by atoms with E-state index in [1.165, 1.54) is 5.56 Å². The first-order chi connectivity index (χ1) is 9.58. The number of aromatic amines is 1. The average Bonchev–Trinajstić information content (AvgIpc) is 2.73.